The minimum Gasteiger partial charge on any atom is -0.352 e. The summed E-state index contributed by atoms with van der Waals surface area (Å²) in [5, 5.41) is 2.74. The maximum absolute atomic E-state index is 12.4. The van der Waals surface area contributed by atoms with Crippen molar-refractivity contribution < 1.29 is 18.0 Å². The summed E-state index contributed by atoms with van der Waals surface area (Å²) in [4.78, 5) is 14.2. The number of nitrogens with one attached hydrogen (secondary N) is 1. The molecule has 1 aliphatic rings. The molecule has 0 atom stereocenters. The van der Waals surface area contributed by atoms with Crippen LogP contribution in [0.15, 0.2) is 24.3 Å². The SMILES string of the molecule is Cl.O=C(NCCCCN1CCCC1)c1ccc(C(F)(F)F)cc1. The number of rotatable bonds is 6. The Morgan fingerprint density at radius 3 is 2.26 bits per heavy atom. The van der Waals surface area contributed by atoms with Crippen LogP contribution in [0.3, 0.4) is 0 Å². The van der Waals surface area contributed by atoms with E-state index < -0.39 is 11.7 Å². The van der Waals surface area contributed by atoms with E-state index in [1.54, 1.807) is 0 Å². The van der Waals surface area contributed by atoms with Crippen molar-refractivity contribution in [1.82, 2.24) is 10.2 Å². The van der Waals surface area contributed by atoms with E-state index in [1.807, 2.05) is 0 Å². The summed E-state index contributed by atoms with van der Waals surface area (Å²) in [5.74, 6) is -0.324. The van der Waals surface area contributed by atoms with Crippen molar-refractivity contribution in [2.24, 2.45) is 0 Å². The van der Waals surface area contributed by atoms with Crippen molar-refractivity contribution in [2.75, 3.05) is 26.2 Å². The molecule has 1 saturated heterocycles. The van der Waals surface area contributed by atoms with Gasteiger partial charge in [-0.2, -0.15) is 13.2 Å². The Hall–Kier alpha value is -1.27. The van der Waals surface area contributed by atoms with E-state index in [-0.39, 0.29) is 23.9 Å². The molecule has 1 fully saturated rings. The highest BCUT2D eigenvalue weighted by Crippen LogP contribution is 2.29. The first-order chi connectivity index (χ1) is 10.5. The number of carbonyl (C=O) groups excluding carboxylic acids is 1. The zero-order chi connectivity index (χ0) is 16.0. The molecule has 0 unspecified atom stereocenters. The van der Waals surface area contributed by atoms with Gasteiger partial charge in [-0.1, -0.05) is 0 Å². The number of amides is 1. The molecule has 2 rings (SSSR count). The molecular weight excluding hydrogens is 329 g/mol. The Morgan fingerprint density at radius 2 is 1.70 bits per heavy atom. The molecule has 1 N–H and O–H groups in total. The smallest absolute Gasteiger partial charge is 0.352 e. The van der Waals surface area contributed by atoms with Crippen LogP contribution in [0.25, 0.3) is 0 Å². The molecule has 0 spiro atoms. The molecule has 7 heteroatoms. The third kappa shape index (κ3) is 6.39. The van der Waals surface area contributed by atoms with E-state index in [4.69, 9.17) is 0 Å². The summed E-state index contributed by atoms with van der Waals surface area (Å²) >= 11 is 0. The lowest BCUT2D eigenvalue weighted by Gasteiger charge is -2.14. The van der Waals surface area contributed by atoms with Gasteiger partial charge in [-0.3, -0.25) is 4.79 Å². The average molecular weight is 351 g/mol. The summed E-state index contributed by atoms with van der Waals surface area (Å²) in [7, 11) is 0. The number of hydrogen-bond acceptors (Lipinski definition) is 2. The first kappa shape index (κ1) is 19.8. The van der Waals surface area contributed by atoms with Gasteiger partial charge in [0.1, 0.15) is 0 Å². The minimum atomic E-state index is -4.37. The fourth-order valence-corrected chi connectivity index (χ4v) is 2.58. The predicted molar refractivity (Wildman–Crippen MR) is 85.9 cm³/mol. The molecule has 0 aliphatic carbocycles. The van der Waals surface area contributed by atoms with Gasteiger partial charge in [0, 0.05) is 12.1 Å². The number of hydrogen-bond donors (Lipinski definition) is 1. The monoisotopic (exact) mass is 350 g/mol. The standard InChI is InChI=1S/C16H21F3N2O.ClH/c17-16(18,19)14-7-5-13(6-8-14)15(22)20-9-1-2-10-21-11-3-4-12-21;/h5-8H,1-4,9-12H2,(H,20,22);1H. The zero-order valence-electron chi connectivity index (χ0n) is 12.9. The first-order valence-electron chi connectivity index (χ1n) is 7.64. The van der Waals surface area contributed by atoms with E-state index in [2.05, 4.69) is 10.2 Å². The molecule has 1 amide bonds. The second-order valence-electron chi connectivity index (χ2n) is 5.59. The Bertz CT molecular complexity index is 485. The van der Waals surface area contributed by atoms with Gasteiger partial charge in [-0.15, -0.1) is 12.4 Å². The van der Waals surface area contributed by atoms with Crippen LogP contribution >= 0.6 is 12.4 Å². The Morgan fingerprint density at radius 1 is 1.09 bits per heavy atom. The van der Waals surface area contributed by atoms with E-state index in [1.165, 1.54) is 25.0 Å². The van der Waals surface area contributed by atoms with Crippen LogP contribution in [-0.4, -0.2) is 37.0 Å². The third-order valence-electron chi connectivity index (χ3n) is 3.86. The normalized spacial score (nSPS) is 15.3. The number of benzene rings is 1. The topological polar surface area (TPSA) is 32.3 Å². The van der Waals surface area contributed by atoms with Gasteiger partial charge in [-0.25, -0.2) is 0 Å². The Kier molecular flexibility index (Phi) is 7.85. The van der Waals surface area contributed by atoms with Crippen LogP contribution in [0.1, 0.15) is 41.6 Å². The van der Waals surface area contributed by atoms with Crippen molar-refractivity contribution in [1.29, 1.82) is 0 Å². The van der Waals surface area contributed by atoms with Crippen molar-refractivity contribution >= 4 is 18.3 Å². The molecule has 1 heterocycles. The largest absolute Gasteiger partial charge is 0.416 e. The molecule has 3 nitrogen and oxygen atoms in total. The van der Waals surface area contributed by atoms with Crippen molar-refractivity contribution in [3.8, 4) is 0 Å². The Labute approximate surface area is 140 Å². The number of nitrogens with zero attached hydrogens (tertiary/aromatic N) is 1. The van der Waals surface area contributed by atoms with E-state index in [0.717, 1.165) is 44.6 Å². The lowest BCUT2D eigenvalue weighted by Crippen LogP contribution is -2.26. The van der Waals surface area contributed by atoms with Gasteiger partial charge in [0.15, 0.2) is 0 Å². The maximum atomic E-state index is 12.4. The Balaban J connectivity index is 0.00000264. The molecule has 0 saturated carbocycles. The highest BCUT2D eigenvalue weighted by Gasteiger charge is 2.30. The van der Waals surface area contributed by atoms with Crippen molar-refractivity contribution in [3.63, 3.8) is 0 Å². The van der Waals surface area contributed by atoms with Gasteiger partial charge in [0.25, 0.3) is 5.91 Å². The van der Waals surface area contributed by atoms with Crippen molar-refractivity contribution in [3.05, 3.63) is 35.4 Å². The van der Waals surface area contributed by atoms with E-state index in [0.29, 0.717) is 6.54 Å². The second-order valence-corrected chi connectivity index (χ2v) is 5.59. The molecule has 0 bridgehead atoms. The quantitative estimate of drug-likeness (QED) is 0.793. The molecule has 0 aromatic heterocycles. The van der Waals surface area contributed by atoms with Gasteiger partial charge in [-0.05, 0) is 69.6 Å². The van der Waals surface area contributed by atoms with E-state index in [9.17, 15) is 18.0 Å². The second kappa shape index (κ2) is 9.13. The summed E-state index contributed by atoms with van der Waals surface area (Å²) in [6, 6.07) is 4.29. The minimum absolute atomic E-state index is 0. The van der Waals surface area contributed by atoms with E-state index >= 15 is 0 Å². The van der Waals surface area contributed by atoms with Crippen LogP contribution in [0.2, 0.25) is 0 Å². The predicted octanol–water partition coefficient (Wildman–Crippen LogP) is 3.73. The highest BCUT2D eigenvalue weighted by molar-refractivity contribution is 5.94. The fraction of sp³-hybridized carbons (Fsp3) is 0.562. The van der Waals surface area contributed by atoms with Crippen LogP contribution in [0, 0.1) is 0 Å². The van der Waals surface area contributed by atoms with Crippen LogP contribution in [-0.2, 0) is 6.18 Å². The van der Waals surface area contributed by atoms with Gasteiger partial charge >= 0.3 is 6.18 Å². The number of carbonyl (C=O) groups is 1. The molecule has 1 aliphatic heterocycles. The van der Waals surface area contributed by atoms with Gasteiger partial charge in [0.05, 0.1) is 5.56 Å². The van der Waals surface area contributed by atoms with Gasteiger partial charge < -0.3 is 10.2 Å². The molecule has 0 radical (unpaired) electrons. The lowest BCUT2D eigenvalue weighted by molar-refractivity contribution is -0.137. The summed E-state index contributed by atoms with van der Waals surface area (Å²) in [5.41, 5.74) is -0.484. The summed E-state index contributed by atoms with van der Waals surface area (Å²) < 4.78 is 37.3. The molecular formula is C16H22ClF3N2O. The summed E-state index contributed by atoms with van der Waals surface area (Å²) in [6.45, 7) is 3.93. The molecule has 130 valence electrons. The molecule has 1 aromatic rings. The van der Waals surface area contributed by atoms with Gasteiger partial charge in [0.2, 0.25) is 0 Å². The number of alkyl halides is 3. The molecule has 23 heavy (non-hydrogen) atoms. The first-order valence-corrected chi connectivity index (χ1v) is 7.64. The molecule has 1 aromatic carbocycles. The number of halogens is 4. The zero-order valence-corrected chi connectivity index (χ0v) is 13.7. The number of likely N-dealkylation sites (tertiary alicyclic amines) is 1. The fourth-order valence-electron chi connectivity index (χ4n) is 2.58. The lowest BCUT2D eigenvalue weighted by atomic mass is 10.1. The third-order valence-corrected chi connectivity index (χ3v) is 3.86. The average Bonchev–Trinajstić information content (AvgIpc) is 2.99. The maximum Gasteiger partial charge on any atom is 0.416 e. The van der Waals surface area contributed by atoms with Crippen LogP contribution in [0.4, 0.5) is 13.2 Å². The van der Waals surface area contributed by atoms with Crippen molar-refractivity contribution in [2.45, 2.75) is 31.9 Å². The highest BCUT2D eigenvalue weighted by atomic mass is 35.5. The van der Waals surface area contributed by atoms with Crippen LogP contribution < -0.4 is 5.32 Å². The van der Waals surface area contributed by atoms with Crippen LogP contribution in [0.5, 0.6) is 0 Å². The summed E-state index contributed by atoms with van der Waals surface area (Å²) in [6.07, 6.45) is 0.0655. The number of unbranched alkanes of at least 4 members (excludes halogenated alkanes) is 1.